The summed E-state index contributed by atoms with van der Waals surface area (Å²) in [7, 11) is 0. The summed E-state index contributed by atoms with van der Waals surface area (Å²) in [5.74, 6) is 0.603. The number of halogens is 1. The van der Waals surface area contributed by atoms with Crippen LogP contribution < -0.4 is 4.74 Å². The summed E-state index contributed by atoms with van der Waals surface area (Å²) >= 11 is 3.46. The molecule has 2 aromatic rings. The Balaban J connectivity index is 1.95. The first-order chi connectivity index (χ1) is 10.5. The van der Waals surface area contributed by atoms with Crippen molar-refractivity contribution < 1.29 is 19.4 Å². The lowest BCUT2D eigenvalue weighted by Gasteiger charge is -2.19. The quantitative estimate of drug-likeness (QED) is 0.840. The van der Waals surface area contributed by atoms with E-state index in [1.165, 1.54) is 6.92 Å². The molecule has 1 heterocycles. The van der Waals surface area contributed by atoms with Crippen molar-refractivity contribution in [3.63, 3.8) is 0 Å². The highest BCUT2D eigenvalue weighted by molar-refractivity contribution is 9.10. The van der Waals surface area contributed by atoms with Crippen LogP contribution in [-0.4, -0.2) is 17.7 Å². The number of esters is 1. The van der Waals surface area contributed by atoms with Crippen LogP contribution in [0.15, 0.2) is 46.9 Å². The van der Waals surface area contributed by atoms with Gasteiger partial charge in [-0.2, -0.15) is 0 Å². The highest BCUT2D eigenvalue weighted by atomic mass is 79.9. The van der Waals surface area contributed by atoms with Gasteiger partial charge in [-0.25, -0.2) is 0 Å². The third kappa shape index (κ3) is 2.95. The number of carbonyl (C=O) groups is 1. The normalized spacial score (nSPS) is 19.4. The van der Waals surface area contributed by atoms with Crippen LogP contribution in [0, 0.1) is 0 Å². The van der Waals surface area contributed by atoms with Gasteiger partial charge >= 0.3 is 5.97 Å². The molecule has 0 amide bonds. The van der Waals surface area contributed by atoms with E-state index in [9.17, 15) is 9.90 Å². The van der Waals surface area contributed by atoms with Crippen LogP contribution in [0.1, 0.15) is 30.1 Å². The summed E-state index contributed by atoms with van der Waals surface area (Å²) < 4.78 is 12.2. The van der Waals surface area contributed by atoms with Gasteiger partial charge in [0.15, 0.2) is 0 Å². The van der Waals surface area contributed by atoms with Crippen molar-refractivity contribution in [1.29, 1.82) is 0 Å². The smallest absolute Gasteiger partial charge is 0.302 e. The monoisotopic (exact) mass is 362 g/mol. The van der Waals surface area contributed by atoms with Crippen molar-refractivity contribution in [1.82, 2.24) is 0 Å². The summed E-state index contributed by atoms with van der Waals surface area (Å²) in [4.78, 5) is 11.2. The lowest BCUT2D eigenvalue weighted by molar-refractivity contribution is -0.141. The summed E-state index contributed by atoms with van der Waals surface area (Å²) in [6, 6.07) is 12.7. The summed E-state index contributed by atoms with van der Waals surface area (Å²) in [6.07, 6.45) is -0.246. The van der Waals surface area contributed by atoms with Gasteiger partial charge < -0.3 is 14.6 Å². The second-order valence-electron chi connectivity index (χ2n) is 5.22. The predicted octanol–water partition coefficient (Wildman–Crippen LogP) is 3.94. The first kappa shape index (κ1) is 14.9. The average molecular weight is 363 g/mol. The SMILES string of the molecule is CC(=O)OC[C@H]1c2cc(Br)ccc2O[C@@H]1c1ccc(O)cc1. The largest absolute Gasteiger partial charge is 0.508 e. The van der Waals surface area contributed by atoms with Crippen molar-refractivity contribution in [3.05, 3.63) is 58.1 Å². The molecule has 3 rings (SSSR count). The van der Waals surface area contributed by atoms with Crippen molar-refractivity contribution in [2.75, 3.05) is 6.61 Å². The van der Waals surface area contributed by atoms with Crippen LogP contribution in [0.25, 0.3) is 0 Å². The molecule has 0 bridgehead atoms. The standard InChI is InChI=1S/C17H15BrO4/c1-10(19)21-9-15-14-8-12(18)4-7-16(14)22-17(15)11-2-5-13(20)6-3-11/h2-8,15,17,20H,9H2,1H3/t15-,17+/m0/s1. The highest BCUT2D eigenvalue weighted by Gasteiger charge is 2.36. The number of fused-ring (bicyclic) bond motifs is 1. The Morgan fingerprint density at radius 3 is 2.68 bits per heavy atom. The van der Waals surface area contributed by atoms with E-state index >= 15 is 0 Å². The first-order valence-corrected chi connectivity index (χ1v) is 7.72. The molecular weight excluding hydrogens is 348 g/mol. The second kappa shape index (κ2) is 6.01. The summed E-state index contributed by atoms with van der Waals surface area (Å²) in [5, 5.41) is 9.44. The molecule has 1 aliphatic heterocycles. The third-order valence-corrected chi connectivity index (χ3v) is 4.17. The molecule has 22 heavy (non-hydrogen) atoms. The number of ether oxygens (including phenoxy) is 2. The molecule has 0 aliphatic carbocycles. The Bertz CT molecular complexity index is 696. The molecule has 0 radical (unpaired) electrons. The minimum atomic E-state index is -0.312. The van der Waals surface area contributed by atoms with Gasteiger partial charge in [0.25, 0.3) is 0 Å². The fourth-order valence-electron chi connectivity index (χ4n) is 2.65. The number of rotatable bonds is 3. The van der Waals surface area contributed by atoms with E-state index in [0.29, 0.717) is 0 Å². The van der Waals surface area contributed by atoms with Gasteiger partial charge in [-0.1, -0.05) is 28.1 Å². The molecule has 5 heteroatoms. The van der Waals surface area contributed by atoms with E-state index in [1.807, 2.05) is 30.3 Å². The predicted molar refractivity (Wildman–Crippen MR) is 85.0 cm³/mol. The van der Waals surface area contributed by atoms with Crippen molar-refractivity contribution in [2.24, 2.45) is 0 Å². The second-order valence-corrected chi connectivity index (χ2v) is 6.14. The maximum absolute atomic E-state index is 11.2. The Morgan fingerprint density at radius 1 is 1.27 bits per heavy atom. The van der Waals surface area contributed by atoms with Gasteiger partial charge in [-0.3, -0.25) is 4.79 Å². The number of hydrogen-bond donors (Lipinski definition) is 1. The molecule has 0 aromatic heterocycles. The third-order valence-electron chi connectivity index (χ3n) is 3.68. The summed E-state index contributed by atoms with van der Waals surface area (Å²) in [6.45, 7) is 1.65. The van der Waals surface area contributed by atoms with Crippen LogP contribution in [0.5, 0.6) is 11.5 Å². The first-order valence-electron chi connectivity index (χ1n) is 6.93. The van der Waals surface area contributed by atoms with E-state index in [2.05, 4.69) is 15.9 Å². The summed E-state index contributed by atoms with van der Waals surface area (Å²) in [5.41, 5.74) is 1.94. The zero-order valence-electron chi connectivity index (χ0n) is 12.0. The van der Waals surface area contributed by atoms with Crippen LogP contribution in [0.3, 0.4) is 0 Å². The van der Waals surface area contributed by atoms with Gasteiger partial charge in [0, 0.05) is 17.0 Å². The zero-order chi connectivity index (χ0) is 15.7. The highest BCUT2D eigenvalue weighted by Crippen LogP contribution is 2.47. The Hall–Kier alpha value is -2.01. The molecule has 1 aliphatic rings. The van der Waals surface area contributed by atoms with Gasteiger partial charge in [0.2, 0.25) is 0 Å². The molecule has 1 N–H and O–H groups in total. The molecule has 2 aromatic carbocycles. The van der Waals surface area contributed by atoms with Crippen molar-refractivity contribution >= 4 is 21.9 Å². The Labute approximate surface area is 136 Å². The Kier molecular flexibility index (Phi) is 4.07. The average Bonchev–Trinajstić information content (AvgIpc) is 2.83. The van der Waals surface area contributed by atoms with Gasteiger partial charge in [-0.15, -0.1) is 0 Å². The molecule has 0 saturated heterocycles. The maximum atomic E-state index is 11.2. The van der Waals surface area contributed by atoms with Gasteiger partial charge in [0.1, 0.15) is 24.2 Å². The van der Waals surface area contributed by atoms with E-state index in [-0.39, 0.29) is 30.3 Å². The molecule has 0 saturated carbocycles. The zero-order valence-corrected chi connectivity index (χ0v) is 13.5. The van der Waals surface area contributed by atoms with E-state index in [0.717, 1.165) is 21.3 Å². The Morgan fingerprint density at radius 2 is 2.00 bits per heavy atom. The van der Waals surface area contributed by atoms with Crippen molar-refractivity contribution in [3.8, 4) is 11.5 Å². The molecule has 0 spiro atoms. The molecule has 2 atom stereocenters. The van der Waals surface area contributed by atoms with Crippen LogP contribution in [-0.2, 0) is 9.53 Å². The number of benzene rings is 2. The van der Waals surface area contributed by atoms with E-state index in [4.69, 9.17) is 9.47 Å². The number of phenolic OH excluding ortho intramolecular Hbond substituents is 1. The minimum Gasteiger partial charge on any atom is -0.508 e. The molecule has 4 nitrogen and oxygen atoms in total. The van der Waals surface area contributed by atoms with Gasteiger partial charge in [-0.05, 0) is 35.9 Å². The van der Waals surface area contributed by atoms with E-state index < -0.39 is 0 Å². The number of hydrogen-bond acceptors (Lipinski definition) is 4. The molecular formula is C17H15BrO4. The number of phenols is 1. The van der Waals surface area contributed by atoms with Gasteiger partial charge in [0.05, 0.1) is 5.92 Å². The lowest BCUT2D eigenvalue weighted by atomic mass is 9.92. The number of aromatic hydroxyl groups is 1. The molecule has 0 unspecified atom stereocenters. The lowest BCUT2D eigenvalue weighted by Crippen LogP contribution is -2.16. The topological polar surface area (TPSA) is 55.8 Å². The maximum Gasteiger partial charge on any atom is 0.302 e. The molecule has 0 fully saturated rings. The fourth-order valence-corrected chi connectivity index (χ4v) is 3.03. The minimum absolute atomic E-state index is 0.0825. The van der Waals surface area contributed by atoms with Crippen LogP contribution in [0.4, 0.5) is 0 Å². The van der Waals surface area contributed by atoms with Crippen LogP contribution >= 0.6 is 15.9 Å². The molecule has 114 valence electrons. The van der Waals surface area contributed by atoms with Crippen LogP contribution in [0.2, 0.25) is 0 Å². The van der Waals surface area contributed by atoms with Crippen molar-refractivity contribution in [2.45, 2.75) is 18.9 Å². The fraction of sp³-hybridized carbons (Fsp3) is 0.235. The van der Waals surface area contributed by atoms with E-state index in [1.54, 1.807) is 12.1 Å². The number of carbonyl (C=O) groups excluding carboxylic acids is 1.